The van der Waals surface area contributed by atoms with E-state index in [1.807, 2.05) is 11.8 Å². The number of piperidine rings is 1. The summed E-state index contributed by atoms with van der Waals surface area (Å²) in [6.45, 7) is 4.14. The molecular weight excluding hydrogens is 326 g/mol. The number of nitrogens with one attached hydrogen (secondary N) is 1. The molecule has 2 atom stereocenters. The third-order valence-electron chi connectivity index (χ3n) is 4.25. The second-order valence-corrected chi connectivity index (χ2v) is 6.21. The molecule has 0 spiro atoms. The maximum atomic E-state index is 12.4. The summed E-state index contributed by atoms with van der Waals surface area (Å²) in [5.74, 6) is -0.149. The molecule has 136 valence electrons. The van der Waals surface area contributed by atoms with Gasteiger partial charge in [0.2, 0.25) is 5.91 Å². The minimum absolute atomic E-state index is 0.0494. The fourth-order valence-electron chi connectivity index (χ4n) is 2.83. The van der Waals surface area contributed by atoms with Crippen molar-refractivity contribution in [2.24, 2.45) is 0 Å². The highest BCUT2D eigenvalue weighted by molar-refractivity contribution is 5.88. The average Bonchev–Trinajstić information content (AvgIpc) is 2.60. The van der Waals surface area contributed by atoms with E-state index in [1.54, 1.807) is 6.92 Å². The lowest BCUT2D eigenvalue weighted by Crippen LogP contribution is -2.52. The van der Waals surface area contributed by atoms with Crippen LogP contribution in [0.4, 0.5) is 5.69 Å². The van der Waals surface area contributed by atoms with Crippen molar-refractivity contribution in [2.75, 3.05) is 13.2 Å². The Kier molecular flexibility index (Phi) is 6.32. The normalized spacial score (nSPS) is 18.3. The molecule has 8 nitrogen and oxygen atoms in total. The number of likely N-dealkylation sites (tertiary alicyclic amines) is 1. The summed E-state index contributed by atoms with van der Waals surface area (Å²) in [5, 5.41) is 13.2. The van der Waals surface area contributed by atoms with Crippen molar-refractivity contribution in [3.8, 4) is 5.75 Å². The molecule has 1 fully saturated rings. The molecule has 1 N–H and O–H groups in total. The van der Waals surface area contributed by atoms with Gasteiger partial charge in [0.1, 0.15) is 11.8 Å². The molecule has 1 saturated heterocycles. The first kappa shape index (κ1) is 18.7. The Morgan fingerprint density at radius 1 is 1.36 bits per heavy atom. The van der Waals surface area contributed by atoms with Gasteiger partial charge in [-0.3, -0.25) is 19.7 Å². The highest BCUT2D eigenvalue weighted by atomic mass is 16.6. The molecule has 0 bridgehead atoms. The number of benzene rings is 1. The van der Waals surface area contributed by atoms with Crippen LogP contribution in [0.2, 0.25) is 0 Å². The van der Waals surface area contributed by atoms with Gasteiger partial charge < -0.3 is 15.0 Å². The molecule has 0 saturated carbocycles. The van der Waals surface area contributed by atoms with Crippen molar-refractivity contribution in [2.45, 2.75) is 45.2 Å². The van der Waals surface area contributed by atoms with Crippen molar-refractivity contribution < 1.29 is 19.2 Å². The maximum Gasteiger partial charge on any atom is 0.269 e. The first-order chi connectivity index (χ1) is 11.9. The van der Waals surface area contributed by atoms with E-state index in [2.05, 4.69) is 5.32 Å². The van der Waals surface area contributed by atoms with Gasteiger partial charge in [-0.25, -0.2) is 0 Å². The van der Waals surface area contributed by atoms with E-state index in [0.717, 1.165) is 25.8 Å². The Morgan fingerprint density at radius 2 is 2.04 bits per heavy atom. The molecular formula is C17H23N3O5. The Labute approximate surface area is 146 Å². The lowest BCUT2D eigenvalue weighted by atomic mass is 10.0. The zero-order valence-electron chi connectivity index (χ0n) is 14.4. The zero-order chi connectivity index (χ0) is 18.4. The first-order valence-corrected chi connectivity index (χ1v) is 8.35. The van der Waals surface area contributed by atoms with Gasteiger partial charge in [-0.05, 0) is 45.2 Å². The van der Waals surface area contributed by atoms with Gasteiger partial charge in [-0.15, -0.1) is 0 Å². The monoisotopic (exact) mass is 349 g/mol. The summed E-state index contributed by atoms with van der Waals surface area (Å²) in [4.78, 5) is 36.3. The largest absolute Gasteiger partial charge is 0.484 e. The summed E-state index contributed by atoms with van der Waals surface area (Å²) < 4.78 is 5.29. The number of rotatable bonds is 6. The number of hydrogen-bond donors (Lipinski definition) is 1. The Bertz CT molecular complexity index is 632. The number of non-ortho nitro benzene ring substituents is 1. The smallest absolute Gasteiger partial charge is 0.269 e. The van der Waals surface area contributed by atoms with Crippen LogP contribution in [0.5, 0.6) is 5.75 Å². The second kappa shape index (κ2) is 8.46. The molecule has 1 aromatic rings. The van der Waals surface area contributed by atoms with E-state index in [0.29, 0.717) is 5.75 Å². The number of amides is 2. The number of carbonyl (C=O) groups excluding carboxylic acids is 2. The topological polar surface area (TPSA) is 102 Å². The molecule has 2 amide bonds. The highest BCUT2D eigenvalue weighted by Crippen LogP contribution is 2.18. The van der Waals surface area contributed by atoms with Gasteiger partial charge in [0.15, 0.2) is 6.61 Å². The number of nitro groups is 1. The maximum absolute atomic E-state index is 12.4. The fourth-order valence-corrected chi connectivity index (χ4v) is 2.83. The second-order valence-electron chi connectivity index (χ2n) is 6.21. The highest BCUT2D eigenvalue weighted by Gasteiger charge is 2.27. The predicted molar refractivity (Wildman–Crippen MR) is 91.2 cm³/mol. The molecule has 1 aromatic carbocycles. The number of ether oxygens (including phenoxy) is 1. The quantitative estimate of drug-likeness (QED) is 0.624. The molecule has 0 aromatic heterocycles. The van der Waals surface area contributed by atoms with Crippen LogP contribution in [0.1, 0.15) is 33.1 Å². The summed E-state index contributed by atoms with van der Waals surface area (Å²) in [5.41, 5.74) is -0.0494. The van der Waals surface area contributed by atoms with E-state index >= 15 is 0 Å². The fraction of sp³-hybridized carbons (Fsp3) is 0.529. The average molecular weight is 349 g/mol. The lowest BCUT2D eigenvalue weighted by molar-refractivity contribution is -0.384. The van der Waals surface area contributed by atoms with Crippen LogP contribution in [-0.2, 0) is 9.59 Å². The molecule has 1 aliphatic heterocycles. The van der Waals surface area contributed by atoms with Crippen LogP contribution in [0.15, 0.2) is 24.3 Å². The lowest BCUT2D eigenvalue weighted by Gasteiger charge is -2.35. The van der Waals surface area contributed by atoms with Crippen molar-refractivity contribution >= 4 is 17.5 Å². The number of hydrogen-bond acceptors (Lipinski definition) is 5. The molecule has 1 heterocycles. The van der Waals surface area contributed by atoms with Crippen LogP contribution in [0.25, 0.3) is 0 Å². The van der Waals surface area contributed by atoms with Crippen molar-refractivity contribution in [3.63, 3.8) is 0 Å². The van der Waals surface area contributed by atoms with Crippen LogP contribution in [0.3, 0.4) is 0 Å². The number of nitro benzene ring substituents is 1. The molecule has 2 rings (SSSR count). The summed E-state index contributed by atoms with van der Waals surface area (Å²) >= 11 is 0. The van der Waals surface area contributed by atoms with Gasteiger partial charge in [-0.2, -0.15) is 0 Å². The van der Waals surface area contributed by atoms with E-state index in [9.17, 15) is 19.7 Å². The van der Waals surface area contributed by atoms with Crippen molar-refractivity contribution in [1.29, 1.82) is 0 Å². The van der Waals surface area contributed by atoms with E-state index < -0.39 is 16.9 Å². The third-order valence-corrected chi connectivity index (χ3v) is 4.25. The minimum atomic E-state index is -0.617. The summed E-state index contributed by atoms with van der Waals surface area (Å²) in [6, 6.07) is 5.03. The van der Waals surface area contributed by atoms with Crippen LogP contribution in [0, 0.1) is 10.1 Å². The molecule has 0 aliphatic carbocycles. The summed E-state index contributed by atoms with van der Waals surface area (Å²) in [7, 11) is 0. The number of carbonyl (C=O) groups is 2. The molecule has 2 unspecified atom stereocenters. The van der Waals surface area contributed by atoms with E-state index in [4.69, 9.17) is 4.74 Å². The summed E-state index contributed by atoms with van der Waals surface area (Å²) in [6.07, 6.45) is 3.09. The van der Waals surface area contributed by atoms with Gasteiger partial charge in [0.05, 0.1) is 4.92 Å². The molecule has 25 heavy (non-hydrogen) atoms. The molecule has 0 radical (unpaired) electrons. The van der Waals surface area contributed by atoms with Crippen LogP contribution < -0.4 is 10.1 Å². The SMILES string of the molecule is CC(NC(=O)COc1ccc([N+](=O)[O-])cc1)C(=O)N1CCCCC1C. The van der Waals surface area contributed by atoms with Crippen molar-refractivity contribution in [3.05, 3.63) is 34.4 Å². The third kappa shape index (κ3) is 5.17. The van der Waals surface area contributed by atoms with Gasteiger partial charge >= 0.3 is 0 Å². The molecule has 1 aliphatic rings. The predicted octanol–water partition coefficient (Wildman–Crippen LogP) is 1.88. The van der Waals surface area contributed by atoms with Gasteiger partial charge in [-0.1, -0.05) is 0 Å². The standard InChI is InChI=1S/C17H23N3O5/c1-12-5-3-4-10-19(12)17(22)13(2)18-16(21)11-25-15-8-6-14(7-9-15)20(23)24/h6-9,12-13H,3-5,10-11H2,1-2H3,(H,18,21). The van der Waals surface area contributed by atoms with Gasteiger partial charge in [0, 0.05) is 24.7 Å². The first-order valence-electron chi connectivity index (χ1n) is 8.35. The minimum Gasteiger partial charge on any atom is -0.484 e. The van der Waals surface area contributed by atoms with Gasteiger partial charge in [0.25, 0.3) is 11.6 Å². The number of nitrogens with zero attached hydrogens (tertiary/aromatic N) is 2. The zero-order valence-corrected chi connectivity index (χ0v) is 14.4. The molecule has 8 heteroatoms. The van der Waals surface area contributed by atoms with E-state index in [-0.39, 0.29) is 24.2 Å². The Hall–Kier alpha value is -2.64. The van der Waals surface area contributed by atoms with E-state index in [1.165, 1.54) is 24.3 Å². The van der Waals surface area contributed by atoms with Crippen molar-refractivity contribution in [1.82, 2.24) is 10.2 Å². The van der Waals surface area contributed by atoms with Crippen LogP contribution in [-0.4, -0.2) is 46.9 Å². The Balaban J connectivity index is 1.80. The Morgan fingerprint density at radius 3 is 2.64 bits per heavy atom. The van der Waals surface area contributed by atoms with Crippen LogP contribution >= 0.6 is 0 Å².